The third-order valence-corrected chi connectivity index (χ3v) is 4.00. The highest BCUT2D eigenvalue weighted by Gasteiger charge is 2.21. The Hall–Kier alpha value is -0.480. The molecule has 1 unspecified atom stereocenters. The van der Waals surface area contributed by atoms with Gasteiger partial charge in [0.2, 0.25) is 0 Å². The molecule has 1 atom stereocenters. The summed E-state index contributed by atoms with van der Waals surface area (Å²) in [5.74, 6) is 0. The highest BCUT2D eigenvalue weighted by molar-refractivity contribution is 8.00. The van der Waals surface area contributed by atoms with E-state index in [1.807, 2.05) is 23.5 Å². The van der Waals surface area contributed by atoms with Gasteiger partial charge in [0.05, 0.1) is 10.7 Å². The Kier molecular flexibility index (Phi) is 4.67. The lowest BCUT2D eigenvalue weighted by Gasteiger charge is -2.19. The largest absolute Gasteiger partial charge is 0.327 e. The molecule has 0 saturated carbocycles. The summed E-state index contributed by atoms with van der Waals surface area (Å²) in [6, 6.07) is 0.234. The van der Waals surface area contributed by atoms with Gasteiger partial charge in [-0.05, 0) is 19.8 Å². The van der Waals surface area contributed by atoms with Crippen LogP contribution in [0.15, 0.2) is 5.03 Å². The highest BCUT2D eigenvalue weighted by atomic mass is 32.2. The van der Waals surface area contributed by atoms with Crippen LogP contribution in [-0.4, -0.2) is 20.6 Å². The molecule has 0 aliphatic carbocycles. The zero-order valence-corrected chi connectivity index (χ0v) is 12.7. The maximum Gasteiger partial charge on any atom is 0.0977 e. The predicted molar refractivity (Wildman–Crippen MR) is 75.5 cm³/mol. The number of aromatic nitrogens is 2. The van der Waals surface area contributed by atoms with Crippen LogP contribution in [0.2, 0.25) is 0 Å². The smallest absolute Gasteiger partial charge is 0.0977 e. The number of hydrogen-bond acceptors (Lipinski definition) is 3. The summed E-state index contributed by atoms with van der Waals surface area (Å²) in [4.78, 5) is 0. The van der Waals surface area contributed by atoms with Crippen LogP contribution in [-0.2, 0) is 13.5 Å². The molecule has 0 aromatic carbocycles. The fraction of sp³-hybridized carbons (Fsp3) is 0.769. The first-order chi connectivity index (χ1) is 7.74. The Morgan fingerprint density at radius 1 is 1.41 bits per heavy atom. The Labute approximate surface area is 109 Å². The van der Waals surface area contributed by atoms with Crippen molar-refractivity contribution in [1.29, 1.82) is 0 Å². The normalized spacial score (nSPS) is 14.1. The summed E-state index contributed by atoms with van der Waals surface area (Å²) in [5.41, 5.74) is 8.50. The van der Waals surface area contributed by atoms with E-state index < -0.39 is 0 Å². The van der Waals surface area contributed by atoms with E-state index in [4.69, 9.17) is 5.73 Å². The molecule has 2 N–H and O–H groups in total. The lowest BCUT2D eigenvalue weighted by Crippen LogP contribution is -2.22. The predicted octanol–water partition coefficient (Wildman–Crippen LogP) is 2.90. The van der Waals surface area contributed by atoms with E-state index in [9.17, 15) is 0 Å². The highest BCUT2D eigenvalue weighted by Crippen LogP contribution is 2.35. The van der Waals surface area contributed by atoms with Gasteiger partial charge in [-0.15, -0.1) is 11.8 Å². The molecule has 0 amide bonds. The van der Waals surface area contributed by atoms with Gasteiger partial charge in [0.25, 0.3) is 0 Å². The standard InChI is InChI=1S/C13H25N3S/c1-7-10(14)8-11-9(2)15-16(6)12(11)17-13(3,4)5/h10H,7-8,14H2,1-6H3. The van der Waals surface area contributed by atoms with Crippen LogP contribution in [0.4, 0.5) is 0 Å². The van der Waals surface area contributed by atoms with Crippen molar-refractivity contribution in [2.45, 2.75) is 63.3 Å². The van der Waals surface area contributed by atoms with Gasteiger partial charge in [0.1, 0.15) is 0 Å². The van der Waals surface area contributed by atoms with E-state index >= 15 is 0 Å². The third kappa shape index (κ3) is 4.03. The molecule has 1 rings (SSSR count). The number of nitrogens with two attached hydrogens (primary N) is 1. The SMILES string of the molecule is CCC(N)Cc1c(C)nn(C)c1SC(C)(C)C. The molecular formula is C13H25N3S. The number of thioether (sulfide) groups is 1. The first kappa shape index (κ1) is 14.6. The van der Waals surface area contributed by atoms with Crippen LogP contribution in [0.5, 0.6) is 0 Å². The Morgan fingerprint density at radius 3 is 2.47 bits per heavy atom. The molecule has 3 nitrogen and oxygen atoms in total. The lowest BCUT2D eigenvalue weighted by molar-refractivity contribution is 0.629. The van der Waals surface area contributed by atoms with Crippen molar-refractivity contribution >= 4 is 11.8 Å². The van der Waals surface area contributed by atoms with E-state index in [0.29, 0.717) is 0 Å². The molecule has 0 spiro atoms. The number of rotatable bonds is 4. The molecule has 0 aliphatic heterocycles. The monoisotopic (exact) mass is 255 g/mol. The second-order valence-electron chi connectivity index (χ2n) is 5.58. The van der Waals surface area contributed by atoms with E-state index in [0.717, 1.165) is 18.5 Å². The summed E-state index contributed by atoms with van der Waals surface area (Å²) in [7, 11) is 2.02. The topological polar surface area (TPSA) is 43.8 Å². The van der Waals surface area contributed by atoms with Crippen LogP contribution in [0, 0.1) is 6.92 Å². The number of nitrogens with zero attached hydrogens (tertiary/aromatic N) is 2. The van der Waals surface area contributed by atoms with Crippen molar-refractivity contribution in [2.24, 2.45) is 12.8 Å². The van der Waals surface area contributed by atoms with Crippen molar-refractivity contribution in [1.82, 2.24) is 9.78 Å². The minimum Gasteiger partial charge on any atom is -0.327 e. The van der Waals surface area contributed by atoms with Gasteiger partial charge in [0.15, 0.2) is 0 Å². The number of hydrogen-bond donors (Lipinski definition) is 1. The Morgan fingerprint density at radius 2 is 2.00 bits per heavy atom. The average molecular weight is 255 g/mol. The molecule has 1 heterocycles. The third-order valence-electron chi connectivity index (χ3n) is 2.68. The van der Waals surface area contributed by atoms with Crippen LogP contribution >= 0.6 is 11.8 Å². The zero-order chi connectivity index (χ0) is 13.2. The zero-order valence-electron chi connectivity index (χ0n) is 11.9. The molecule has 0 radical (unpaired) electrons. The van der Waals surface area contributed by atoms with Crippen molar-refractivity contribution < 1.29 is 0 Å². The molecule has 4 heteroatoms. The van der Waals surface area contributed by atoms with E-state index in [2.05, 4.69) is 39.7 Å². The maximum atomic E-state index is 6.07. The Bertz CT molecular complexity index is 377. The summed E-state index contributed by atoms with van der Waals surface area (Å²) in [6.07, 6.45) is 1.93. The quantitative estimate of drug-likeness (QED) is 0.841. The fourth-order valence-electron chi connectivity index (χ4n) is 1.74. The minimum atomic E-state index is 0.200. The fourth-order valence-corrected chi connectivity index (χ4v) is 2.85. The summed E-state index contributed by atoms with van der Waals surface area (Å²) in [6.45, 7) is 10.9. The van der Waals surface area contributed by atoms with Crippen molar-refractivity contribution in [3.05, 3.63) is 11.3 Å². The Balaban J connectivity index is 3.02. The number of aryl methyl sites for hydroxylation is 2. The van der Waals surface area contributed by atoms with Crippen LogP contribution in [0.25, 0.3) is 0 Å². The molecule has 0 aliphatic rings. The average Bonchev–Trinajstić information content (AvgIpc) is 2.42. The van der Waals surface area contributed by atoms with Gasteiger partial charge in [-0.25, -0.2) is 0 Å². The van der Waals surface area contributed by atoms with Crippen LogP contribution in [0.1, 0.15) is 45.4 Å². The van der Waals surface area contributed by atoms with Crippen LogP contribution < -0.4 is 5.73 Å². The van der Waals surface area contributed by atoms with Crippen LogP contribution in [0.3, 0.4) is 0 Å². The molecule has 17 heavy (non-hydrogen) atoms. The maximum absolute atomic E-state index is 6.07. The van der Waals surface area contributed by atoms with Gasteiger partial charge in [-0.1, -0.05) is 27.7 Å². The first-order valence-corrected chi connectivity index (χ1v) is 7.03. The molecule has 0 saturated heterocycles. The van der Waals surface area contributed by atoms with Gasteiger partial charge in [-0.3, -0.25) is 4.68 Å². The van der Waals surface area contributed by atoms with Crippen molar-refractivity contribution in [3.8, 4) is 0 Å². The molecule has 0 fully saturated rings. The van der Waals surface area contributed by atoms with Gasteiger partial charge >= 0.3 is 0 Å². The van der Waals surface area contributed by atoms with Gasteiger partial charge in [0, 0.05) is 23.4 Å². The molecule has 98 valence electrons. The summed E-state index contributed by atoms with van der Waals surface area (Å²) < 4.78 is 2.19. The molecule has 1 aromatic rings. The summed E-state index contributed by atoms with van der Waals surface area (Å²) in [5, 5.41) is 5.79. The summed E-state index contributed by atoms with van der Waals surface area (Å²) >= 11 is 1.87. The van der Waals surface area contributed by atoms with Gasteiger partial charge in [-0.2, -0.15) is 5.10 Å². The van der Waals surface area contributed by atoms with E-state index in [1.165, 1.54) is 10.6 Å². The van der Waals surface area contributed by atoms with E-state index in [-0.39, 0.29) is 10.8 Å². The first-order valence-electron chi connectivity index (χ1n) is 6.21. The second-order valence-corrected chi connectivity index (χ2v) is 7.40. The molecule has 1 aromatic heterocycles. The van der Waals surface area contributed by atoms with Crippen molar-refractivity contribution in [2.75, 3.05) is 0 Å². The van der Waals surface area contributed by atoms with E-state index in [1.54, 1.807) is 0 Å². The molecule has 0 bridgehead atoms. The second kappa shape index (κ2) is 5.44. The van der Waals surface area contributed by atoms with Crippen molar-refractivity contribution in [3.63, 3.8) is 0 Å². The lowest BCUT2D eigenvalue weighted by atomic mass is 10.1. The molecular weight excluding hydrogens is 230 g/mol. The minimum absolute atomic E-state index is 0.200. The van der Waals surface area contributed by atoms with Gasteiger partial charge < -0.3 is 5.73 Å².